The van der Waals surface area contributed by atoms with Gasteiger partial charge in [0.05, 0.1) is 18.9 Å². The molecule has 1 atom stereocenters. The minimum atomic E-state index is 0.0130. The molecule has 1 rings (SSSR count). The summed E-state index contributed by atoms with van der Waals surface area (Å²) >= 11 is 0. The average Bonchev–Trinajstić information content (AvgIpc) is 2.30. The Morgan fingerprint density at radius 2 is 2.47 bits per heavy atom. The van der Waals surface area contributed by atoms with Crippen LogP contribution in [0.4, 0.5) is 0 Å². The van der Waals surface area contributed by atoms with E-state index in [1.54, 1.807) is 0 Å². The number of amides is 1. The van der Waals surface area contributed by atoms with E-state index in [4.69, 9.17) is 4.74 Å². The van der Waals surface area contributed by atoms with Crippen molar-refractivity contribution in [1.82, 2.24) is 10.6 Å². The van der Waals surface area contributed by atoms with Crippen LogP contribution in [0.5, 0.6) is 0 Å². The molecule has 0 aromatic carbocycles. The van der Waals surface area contributed by atoms with Crippen molar-refractivity contribution in [2.24, 2.45) is 0 Å². The zero-order valence-corrected chi connectivity index (χ0v) is 9.13. The Labute approximate surface area is 91.1 Å². The molecular weight excluding hydrogens is 192 g/mol. The lowest BCUT2D eigenvalue weighted by molar-refractivity contribution is -0.123. The van der Waals surface area contributed by atoms with Crippen molar-refractivity contribution in [2.75, 3.05) is 19.7 Å². The largest absolute Gasteiger partial charge is 0.502 e. The van der Waals surface area contributed by atoms with Gasteiger partial charge in [-0.25, -0.2) is 0 Å². The number of hydrogen-bond donors (Lipinski definition) is 2. The van der Waals surface area contributed by atoms with Gasteiger partial charge in [-0.1, -0.05) is 13.0 Å². The Bertz CT molecular complexity index is 201. The van der Waals surface area contributed by atoms with Crippen molar-refractivity contribution in [2.45, 2.75) is 31.7 Å². The van der Waals surface area contributed by atoms with E-state index in [1.807, 2.05) is 0 Å². The molecule has 4 heteroatoms. The second-order valence-electron chi connectivity index (χ2n) is 3.68. The monoisotopic (exact) mass is 212 g/mol. The van der Waals surface area contributed by atoms with Gasteiger partial charge in [-0.3, -0.25) is 4.79 Å². The lowest BCUT2D eigenvalue weighted by Crippen LogP contribution is -2.46. The van der Waals surface area contributed by atoms with Crippen molar-refractivity contribution in [3.63, 3.8) is 0 Å². The van der Waals surface area contributed by atoms with E-state index < -0.39 is 0 Å². The highest BCUT2D eigenvalue weighted by Gasteiger charge is 2.19. The molecule has 15 heavy (non-hydrogen) atoms. The summed E-state index contributed by atoms with van der Waals surface area (Å²) in [6.07, 6.45) is 5.52. The molecule has 0 aromatic rings. The topological polar surface area (TPSA) is 50.4 Å². The maximum atomic E-state index is 11.6. The predicted molar refractivity (Wildman–Crippen MR) is 59.4 cm³/mol. The first-order valence-electron chi connectivity index (χ1n) is 5.58. The van der Waals surface area contributed by atoms with Gasteiger partial charge in [0.25, 0.3) is 0 Å². The van der Waals surface area contributed by atoms with Gasteiger partial charge < -0.3 is 15.4 Å². The summed E-state index contributed by atoms with van der Waals surface area (Å²) in [6, 6.07) is 0.0130. The SMILES string of the molecule is C=COCCCNC(=O)[C@@H]1CCCCN1. The van der Waals surface area contributed by atoms with Gasteiger partial charge in [0.1, 0.15) is 0 Å². The number of rotatable bonds is 6. The van der Waals surface area contributed by atoms with Crippen LogP contribution < -0.4 is 10.6 Å². The van der Waals surface area contributed by atoms with Crippen LogP contribution in [-0.4, -0.2) is 31.6 Å². The highest BCUT2D eigenvalue weighted by molar-refractivity contribution is 5.81. The normalized spacial score (nSPS) is 20.7. The first-order chi connectivity index (χ1) is 7.34. The van der Waals surface area contributed by atoms with Crippen LogP contribution >= 0.6 is 0 Å². The van der Waals surface area contributed by atoms with Crippen molar-refractivity contribution in [3.05, 3.63) is 12.8 Å². The molecule has 86 valence electrons. The Morgan fingerprint density at radius 3 is 3.13 bits per heavy atom. The van der Waals surface area contributed by atoms with E-state index in [1.165, 1.54) is 12.7 Å². The molecule has 0 radical (unpaired) electrons. The number of ether oxygens (including phenoxy) is 1. The third-order valence-corrected chi connectivity index (χ3v) is 2.48. The van der Waals surface area contributed by atoms with Gasteiger partial charge in [-0.2, -0.15) is 0 Å². The molecule has 1 aliphatic heterocycles. The minimum Gasteiger partial charge on any atom is -0.502 e. The molecule has 2 N–H and O–H groups in total. The van der Waals surface area contributed by atoms with Gasteiger partial charge in [0.15, 0.2) is 0 Å². The molecule has 1 fully saturated rings. The number of carbonyl (C=O) groups is 1. The fourth-order valence-corrected chi connectivity index (χ4v) is 1.65. The molecular formula is C11H20N2O2. The van der Waals surface area contributed by atoms with Crippen LogP contribution in [0.3, 0.4) is 0 Å². The quantitative estimate of drug-likeness (QED) is 0.505. The Balaban J connectivity index is 2.04. The fraction of sp³-hybridized carbons (Fsp3) is 0.727. The Kier molecular flexibility index (Phi) is 5.85. The first-order valence-corrected chi connectivity index (χ1v) is 5.58. The predicted octanol–water partition coefficient (Wildman–Crippen LogP) is 0.795. The maximum Gasteiger partial charge on any atom is 0.237 e. The molecule has 4 nitrogen and oxygen atoms in total. The Hall–Kier alpha value is -1.03. The lowest BCUT2D eigenvalue weighted by Gasteiger charge is -2.22. The summed E-state index contributed by atoms with van der Waals surface area (Å²) < 4.78 is 4.96. The molecule has 0 saturated carbocycles. The van der Waals surface area contributed by atoms with Crippen LogP contribution in [0.1, 0.15) is 25.7 Å². The molecule has 1 amide bonds. The van der Waals surface area contributed by atoms with Crippen molar-refractivity contribution in [3.8, 4) is 0 Å². The summed E-state index contributed by atoms with van der Waals surface area (Å²) in [5, 5.41) is 6.11. The molecule has 0 aromatic heterocycles. The molecule has 1 saturated heterocycles. The number of nitrogens with one attached hydrogen (secondary N) is 2. The van der Waals surface area contributed by atoms with Crippen LogP contribution in [0.25, 0.3) is 0 Å². The van der Waals surface area contributed by atoms with Gasteiger partial charge in [-0.15, -0.1) is 0 Å². The van der Waals surface area contributed by atoms with Gasteiger partial charge in [-0.05, 0) is 25.8 Å². The molecule has 0 bridgehead atoms. The smallest absolute Gasteiger partial charge is 0.237 e. The number of carbonyl (C=O) groups excluding carboxylic acids is 1. The first kappa shape index (κ1) is 12.0. The molecule has 0 spiro atoms. The Morgan fingerprint density at radius 1 is 1.60 bits per heavy atom. The van der Waals surface area contributed by atoms with Gasteiger partial charge >= 0.3 is 0 Å². The van der Waals surface area contributed by atoms with Gasteiger partial charge in [0.2, 0.25) is 5.91 Å². The second-order valence-corrected chi connectivity index (χ2v) is 3.68. The van der Waals surface area contributed by atoms with Gasteiger partial charge in [0, 0.05) is 6.54 Å². The van der Waals surface area contributed by atoms with E-state index in [-0.39, 0.29) is 11.9 Å². The van der Waals surface area contributed by atoms with E-state index in [9.17, 15) is 4.79 Å². The van der Waals surface area contributed by atoms with Crippen LogP contribution in [-0.2, 0) is 9.53 Å². The van der Waals surface area contributed by atoms with Crippen LogP contribution in [0.2, 0.25) is 0 Å². The average molecular weight is 212 g/mol. The van der Waals surface area contributed by atoms with E-state index in [0.29, 0.717) is 13.2 Å². The molecule has 0 aliphatic carbocycles. The summed E-state index contributed by atoms with van der Waals surface area (Å²) in [7, 11) is 0. The van der Waals surface area contributed by atoms with Crippen molar-refractivity contribution in [1.29, 1.82) is 0 Å². The molecule has 1 heterocycles. The third-order valence-electron chi connectivity index (χ3n) is 2.48. The summed E-state index contributed by atoms with van der Waals surface area (Å²) in [5.74, 6) is 0.119. The van der Waals surface area contributed by atoms with E-state index in [0.717, 1.165) is 25.8 Å². The summed E-state index contributed by atoms with van der Waals surface area (Å²) in [4.78, 5) is 11.6. The van der Waals surface area contributed by atoms with E-state index >= 15 is 0 Å². The highest BCUT2D eigenvalue weighted by atomic mass is 16.5. The molecule has 0 unspecified atom stereocenters. The van der Waals surface area contributed by atoms with Crippen molar-refractivity contribution < 1.29 is 9.53 Å². The van der Waals surface area contributed by atoms with Crippen LogP contribution in [0.15, 0.2) is 12.8 Å². The lowest BCUT2D eigenvalue weighted by atomic mass is 10.0. The standard InChI is InChI=1S/C11H20N2O2/c1-2-15-9-5-8-13-11(14)10-6-3-4-7-12-10/h2,10,12H,1,3-9H2,(H,13,14)/t10-/m0/s1. The summed E-state index contributed by atoms with van der Waals surface area (Å²) in [6.45, 7) is 5.69. The number of hydrogen-bond acceptors (Lipinski definition) is 3. The van der Waals surface area contributed by atoms with Crippen molar-refractivity contribution >= 4 is 5.91 Å². The zero-order valence-electron chi connectivity index (χ0n) is 9.13. The fourth-order valence-electron chi connectivity index (χ4n) is 1.65. The molecule has 1 aliphatic rings. The zero-order chi connectivity index (χ0) is 10.9. The second kappa shape index (κ2) is 7.29. The highest BCUT2D eigenvalue weighted by Crippen LogP contribution is 2.06. The van der Waals surface area contributed by atoms with E-state index in [2.05, 4.69) is 17.2 Å². The van der Waals surface area contributed by atoms with Crippen LogP contribution in [0, 0.1) is 0 Å². The number of piperidine rings is 1. The maximum absolute atomic E-state index is 11.6. The third kappa shape index (κ3) is 4.83. The summed E-state index contributed by atoms with van der Waals surface area (Å²) in [5.41, 5.74) is 0. The minimum absolute atomic E-state index is 0.0130.